The number of hydrogen-bond acceptors (Lipinski definition) is 3. The molecule has 1 unspecified atom stereocenters. The van der Waals surface area contributed by atoms with Crippen molar-refractivity contribution in [3.63, 3.8) is 0 Å². The average molecular weight is 389 g/mol. The van der Waals surface area contributed by atoms with E-state index in [9.17, 15) is 13.2 Å². The van der Waals surface area contributed by atoms with Gasteiger partial charge in [0, 0.05) is 0 Å². The summed E-state index contributed by atoms with van der Waals surface area (Å²) in [5, 5.41) is 2.96. The van der Waals surface area contributed by atoms with Crippen LogP contribution in [0.15, 0.2) is 42.5 Å². The molecule has 0 fully saturated rings. The van der Waals surface area contributed by atoms with Crippen LogP contribution in [-0.2, 0) is 14.8 Å². The highest BCUT2D eigenvalue weighted by molar-refractivity contribution is 7.92. The molecule has 0 saturated heterocycles. The van der Waals surface area contributed by atoms with E-state index in [1.54, 1.807) is 12.1 Å². The van der Waals surface area contributed by atoms with Gasteiger partial charge in [-0.05, 0) is 56.0 Å². The smallest absolute Gasteiger partial charge is 0.241 e. The molecule has 0 bridgehead atoms. The minimum absolute atomic E-state index is 0.153. The van der Waals surface area contributed by atoms with Gasteiger partial charge in [-0.2, -0.15) is 0 Å². The fourth-order valence-corrected chi connectivity index (χ4v) is 3.72. The summed E-state index contributed by atoms with van der Waals surface area (Å²) in [6.07, 6.45) is 1.84. The first-order chi connectivity index (χ1) is 12.6. The number of nitrogens with zero attached hydrogens (tertiary/aromatic N) is 1. The highest BCUT2D eigenvalue weighted by atomic mass is 32.2. The van der Waals surface area contributed by atoms with Crippen molar-refractivity contribution in [2.75, 3.05) is 17.1 Å². The third-order valence-electron chi connectivity index (χ3n) is 4.69. The van der Waals surface area contributed by atoms with Crippen LogP contribution in [0.25, 0.3) is 0 Å². The molecule has 0 heterocycles. The van der Waals surface area contributed by atoms with Crippen molar-refractivity contribution in [3.8, 4) is 0 Å². The summed E-state index contributed by atoms with van der Waals surface area (Å²) in [6.45, 7) is 7.64. The molecule has 0 aliphatic heterocycles. The summed E-state index contributed by atoms with van der Waals surface area (Å²) in [5.41, 5.74) is 4.71. The number of amides is 1. The van der Waals surface area contributed by atoms with E-state index in [2.05, 4.69) is 5.32 Å². The Kier molecular flexibility index (Phi) is 6.65. The minimum Gasteiger partial charge on any atom is -0.348 e. The van der Waals surface area contributed by atoms with Crippen LogP contribution >= 0.6 is 0 Å². The summed E-state index contributed by atoms with van der Waals surface area (Å²) in [6, 6.07) is 13.2. The van der Waals surface area contributed by atoms with Crippen LogP contribution in [0.1, 0.15) is 41.6 Å². The van der Waals surface area contributed by atoms with Gasteiger partial charge in [0.15, 0.2) is 0 Å². The SMILES string of the molecule is CCC(NC(=O)CN(c1ccc(C)c(C)c1)S(C)(=O)=O)c1ccc(C)cc1. The maximum atomic E-state index is 12.6. The first-order valence-electron chi connectivity index (χ1n) is 9.02. The van der Waals surface area contributed by atoms with Crippen molar-refractivity contribution in [1.29, 1.82) is 0 Å². The fourth-order valence-electron chi connectivity index (χ4n) is 2.87. The molecule has 2 aromatic carbocycles. The molecule has 6 heteroatoms. The Morgan fingerprint density at radius 1 is 1.04 bits per heavy atom. The lowest BCUT2D eigenvalue weighted by molar-refractivity contribution is -0.120. The Morgan fingerprint density at radius 3 is 2.19 bits per heavy atom. The molecule has 0 aliphatic carbocycles. The van der Waals surface area contributed by atoms with E-state index in [0.717, 1.165) is 39.2 Å². The van der Waals surface area contributed by atoms with E-state index in [0.29, 0.717) is 5.69 Å². The number of rotatable bonds is 7. The van der Waals surface area contributed by atoms with Crippen LogP contribution in [0.2, 0.25) is 0 Å². The zero-order valence-corrected chi connectivity index (χ0v) is 17.4. The molecular weight excluding hydrogens is 360 g/mol. The van der Waals surface area contributed by atoms with Crippen molar-refractivity contribution in [2.24, 2.45) is 0 Å². The number of sulfonamides is 1. The minimum atomic E-state index is -3.58. The number of carbonyl (C=O) groups is 1. The Balaban J connectivity index is 2.20. The second-order valence-corrected chi connectivity index (χ2v) is 8.88. The summed E-state index contributed by atoms with van der Waals surface area (Å²) in [4.78, 5) is 12.6. The molecule has 2 rings (SSSR count). The molecule has 5 nitrogen and oxygen atoms in total. The van der Waals surface area contributed by atoms with Gasteiger partial charge in [0.1, 0.15) is 6.54 Å². The van der Waals surface area contributed by atoms with Gasteiger partial charge in [-0.3, -0.25) is 9.10 Å². The van der Waals surface area contributed by atoms with Crippen LogP contribution in [0, 0.1) is 20.8 Å². The van der Waals surface area contributed by atoms with Gasteiger partial charge in [0.25, 0.3) is 0 Å². The van der Waals surface area contributed by atoms with Gasteiger partial charge in [0.2, 0.25) is 15.9 Å². The van der Waals surface area contributed by atoms with E-state index in [4.69, 9.17) is 0 Å². The molecule has 0 radical (unpaired) electrons. The largest absolute Gasteiger partial charge is 0.348 e. The second kappa shape index (κ2) is 8.57. The van der Waals surface area contributed by atoms with Crippen LogP contribution in [0.5, 0.6) is 0 Å². The molecule has 0 spiro atoms. The van der Waals surface area contributed by atoms with Crippen LogP contribution < -0.4 is 9.62 Å². The van der Waals surface area contributed by atoms with E-state index in [1.165, 1.54) is 0 Å². The highest BCUT2D eigenvalue weighted by Crippen LogP contribution is 2.22. The highest BCUT2D eigenvalue weighted by Gasteiger charge is 2.22. The van der Waals surface area contributed by atoms with Crippen molar-refractivity contribution < 1.29 is 13.2 Å². The molecule has 1 amide bonds. The van der Waals surface area contributed by atoms with Crippen LogP contribution in [0.3, 0.4) is 0 Å². The Labute approximate surface area is 162 Å². The maximum absolute atomic E-state index is 12.6. The quantitative estimate of drug-likeness (QED) is 0.787. The van der Waals surface area contributed by atoms with Gasteiger partial charge < -0.3 is 5.32 Å². The average Bonchev–Trinajstić information content (AvgIpc) is 2.60. The van der Waals surface area contributed by atoms with Crippen molar-refractivity contribution >= 4 is 21.6 Å². The molecular formula is C21H28N2O3S. The molecule has 0 aliphatic rings. The Bertz CT molecular complexity index is 906. The molecule has 0 saturated carbocycles. The van der Waals surface area contributed by atoms with E-state index in [1.807, 2.05) is 58.0 Å². The van der Waals surface area contributed by atoms with E-state index in [-0.39, 0.29) is 18.5 Å². The molecule has 1 atom stereocenters. The van der Waals surface area contributed by atoms with Gasteiger partial charge in [-0.15, -0.1) is 0 Å². The molecule has 0 aromatic heterocycles. The predicted molar refractivity (Wildman–Crippen MR) is 110 cm³/mol. The first-order valence-corrected chi connectivity index (χ1v) is 10.9. The first kappa shape index (κ1) is 21.0. The number of benzene rings is 2. The monoisotopic (exact) mass is 388 g/mol. The Hall–Kier alpha value is -2.34. The normalized spacial score (nSPS) is 12.5. The summed E-state index contributed by atoms with van der Waals surface area (Å²) in [7, 11) is -3.58. The number of aryl methyl sites for hydroxylation is 3. The summed E-state index contributed by atoms with van der Waals surface area (Å²) >= 11 is 0. The molecule has 27 heavy (non-hydrogen) atoms. The van der Waals surface area contributed by atoms with E-state index < -0.39 is 10.0 Å². The maximum Gasteiger partial charge on any atom is 0.241 e. The van der Waals surface area contributed by atoms with Gasteiger partial charge in [-0.25, -0.2) is 8.42 Å². The number of hydrogen-bond donors (Lipinski definition) is 1. The lowest BCUT2D eigenvalue weighted by Crippen LogP contribution is -2.41. The standard InChI is InChI=1S/C21H28N2O3S/c1-6-20(18-10-7-15(2)8-11-18)22-21(24)14-23(27(5,25)26)19-12-9-16(3)17(4)13-19/h7-13,20H,6,14H2,1-5H3,(H,22,24). The predicted octanol–water partition coefficient (Wildman–Crippen LogP) is 3.65. The van der Waals surface area contributed by atoms with Crippen molar-refractivity contribution in [3.05, 3.63) is 64.7 Å². The van der Waals surface area contributed by atoms with Crippen LogP contribution in [0.4, 0.5) is 5.69 Å². The van der Waals surface area contributed by atoms with Gasteiger partial charge >= 0.3 is 0 Å². The Morgan fingerprint density at radius 2 is 1.67 bits per heavy atom. The lowest BCUT2D eigenvalue weighted by atomic mass is 10.0. The van der Waals surface area contributed by atoms with Crippen molar-refractivity contribution in [1.82, 2.24) is 5.32 Å². The third-order valence-corrected chi connectivity index (χ3v) is 5.83. The number of nitrogens with one attached hydrogen (secondary N) is 1. The number of anilines is 1. The van der Waals surface area contributed by atoms with E-state index >= 15 is 0 Å². The third kappa shape index (κ3) is 5.57. The van der Waals surface area contributed by atoms with Gasteiger partial charge in [-0.1, -0.05) is 42.8 Å². The number of carbonyl (C=O) groups excluding carboxylic acids is 1. The fraction of sp³-hybridized carbons (Fsp3) is 0.381. The summed E-state index contributed by atoms with van der Waals surface area (Å²) < 4.78 is 25.7. The van der Waals surface area contributed by atoms with Gasteiger partial charge in [0.05, 0.1) is 18.0 Å². The molecule has 2 aromatic rings. The lowest BCUT2D eigenvalue weighted by Gasteiger charge is -2.24. The topological polar surface area (TPSA) is 66.5 Å². The zero-order chi connectivity index (χ0) is 20.2. The zero-order valence-electron chi connectivity index (χ0n) is 16.6. The van der Waals surface area contributed by atoms with Crippen molar-refractivity contribution in [2.45, 2.75) is 40.2 Å². The molecule has 146 valence electrons. The summed E-state index contributed by atoms with van der Waals surface area (Å²) in [5.74, 6) is -0.328. The second-order valence-electron chi connectivity index (χ2n) is 6.98. The van der Waals surface area contributed by atoms with Crippen LogP contribution in [-0.4, -0.2) is 27.1 Å². The molecule has 1 N–H and O–H groups in total.